The largest absolute Gasteiger partial charge is 0.492 e. The van der Waals surface area contributed by atoms with Gasteiger partial charge in [-0.1, -0.05) is 26.2 Å². The van der Waals surface area contributed by atoms with Gasteiger partial charge in [-0.2, -0.15) is 0 Å². The average Bonchev–Trinajstić information content (AvgIpc) is 2.30. The fourth-order valence-electron chi connectivity index (χ4n) is 1.31. The van der Waals surface area contributed by atoms with Gasteiger partial charge in [0.15, 0.2) is 0 Å². The second-order valence-electron chi connectivity index (χ2n) is 3.55. The molecule has 0 saturated carbocycles. The fourth-order valence-corrected chi connectivity index (χ4v) is 1.31. The molecule has 3 heteroatoms. The van der Waals surface area contributed by atoms with Gasteiger partial charge in [-0.15, -0.1) is 0 Å². The second kappa shape index (κ2) is 7.23. The topological polar surface area (TPSA) is 42.4 Å². The molecule has 0 bridgehead atoms. The van der Waals surface area contributed by atoms with Gasteiger partial charge in [0.05, 0.1) is 25.1 Å². The van der Waals surface area contributed by atoms with Crippen LogP contribution in [0.4, 0.5) is 0 Å². The predicted octanol–water partition coefficient (Wildman–Crippen LogP) is 2.53. The highest BCUT2D eigenvalue weighted by Gasteiger charge is 1.95. The summed E-state index contributed by atoms with van der Waals surface area (Å²) in [6, 6.07) is 3.62. The molecule has 0 atom stereocenters. The van der Waals surface area contributed by atoms with Crippen molar-refractivity contribution in [2.45, 2.75) is 39.2 Å². The third-order valence-electron chi connectivity index (χ3n) is 2.23. The first-order valence-corrected chi connectivity index (χ1v) is 5.55. The lowest BCUT2D eigenvalue weighted by Gasteiger charge is -2.05. The summed E-state index contributed by atoms with van der Waals surface area (Å²) in [5, 5.41) is 8.80. The highest BCUT2D eigenvalue weighted by Crippen LogP contribution is 2.10. The monoisotopic (exact) mass is 209 g/mol. The Morgan fingerprint density at radius 3 is 2.73 bits per heavy atom. The lowest BCUT2D eigenvalue weighted by atomic mass is 10.2. The van der Waals surface area contributed by atoms with Gasteiger partial charge in [0.2, 0.25) is 0 Å². The van der Waals surface area contributed by atoms with Gasteiger partial charge in [-0.25, -0.2) is 0 Å². The van der Waals surface area contributed by atoms with E-state index in [9.17, 15) is 0 Å². The number of ether oxygens (including phenoxy) is 1. The molecule has 1 rings (SSSR count). The van der Waals surface area contributed by atoms with Gasteiger partial charge < -0.3 is 9.84 Å². The summed E-state index contributed by atoms with van der Waals surface area (Å²) < 4.78 is 5.51. The van der Waals surface area contributed by atoms with Crippen molar-refractivity contribution in [2.75, 3.05) is 6.61 Å². The summed E-state index contributed by atoms with van der Waals surface area (Å²) in [5.74, 6) is 0.781. The quantitative estimate of drug-likeness (QED) is 0.702. The van der Waals surface area contributed by atoms with Crippen LogP contribution in [0, 0.1) is 0 Å². The first-order chi connectivity index (χ1) is 7.36. The predicted molar refractivity (Wildman–Crippen MR) is 59.8 cm³/mol. The molecule has 0 radical (unpaired) electrons. The molecule has 1 aromatic rings. The minimum absolute atomic E-state index is 0.0171. The van der Waals surface area contributed by atoms with E-state index in [0.29, 0.717) is 5.69 Å². The van der Waals surface area contributed by atoms with Crippen molar-refractivity contribution < 1.29 is 9.84 Å². The van der Waals surface area contributed by atoms with E-state index in [1.165, 1.54) is 19.3 Å². The van der Waals surface area contributed by atoms with E-state index < -0.39 is 0 Å². The van der Waals surface area contributed by atoms with Gasteiger partial charge >= 0.3 is 0 Å². The Morgan fingerprint density at radius 2 is 2.13 bits per heavy atom. The first kappa shape index (κ1) is 12.0. The number of aliphatic hydroxyl groups is 1. The van der Waals surface area contributed by atoms with Crippen molar-refractivity contribution in [3.05, 3.63) is 24.0 Å². The molecule has 0 aromatic carbocycles. The maximum absolute atomic E-state index is 8.80. The van der Waals surface area contributed by atoms with Crippen LogP contribution in [0.3, 0.4) is 0 Å². The number of aliphatic hydroxyl groups excluding tert-OH is 1. The minimum Gasteiger partial charge on any atom is -0.492 e. The Labute approximate surface area is 91.1 Å². The van der Waals surface area contributed by atoms with Gasteiger partial charge in [0, 0.05) is 0 Å². The SMILES string of the molecule is CCCCCCOc1ccc(CO)nc1. The van der Waals surface area contributed by atoms with Crippen molar-refractivity contribution >= 4 is 0 Å². The molecule has 1 heterocycles. The molecule has 1 N–H and O–H groups in total. The number of aromatic nitrogens is 1. The zero-order valence-corrected chi connectivity index (χ0v) is 9.28. The summed E-state index contributed by atoms with van der Waals surface area (Å²) in [5.41, 5.74) is 0.674. The molecule has 84 valence electrons. The zero-order valence-electron chi connectivity index (χ0n) is 9.28. The van der Waals surface area contributed by atoms with E-state index in [4.69, 9.17) is 9.84 Å². The molecule has 0 aliphatic rings. The standard InChI is InChI=1S/C12H19NO2/c1-2-3-4-5-8-15-12-7-6-11(10-14)13-9-12/h6-7,9,14H,2-5,8,10H2,1H3. The average molecular weight is 209 g/mol. The van der Waals surface area contributed by atoms with Crippen molar-refractivity contribution in [1.82, 2.24) is 4.98 Å². The Hall–Kier alpha value is -1.09. The molecule has 15 heavy (non-hydrogen) atoms. The van der Waals surface area contributed by atoms with E-state index in [1.54, 1.807) is 12.3 Å². The highest BCUT2D eigenvalue weighted by molar-refractivity contribution is 5.19. The number of rotatable bonds is 7. The number of unbranched alkanes of at least 4 members (excludes halogenated alkanes) is 3. The van der Waals surface area contributed by atoms with E-state index in [1.807, 2.05) is 6.07 Å². The van der Waals surface area contributed by atoms with Gasteiger partial charge in [0.25, 0.3) is 0 Å². The van der Waals surface area contributed by atoms with Crippen molar-refractivity contribution in [3.8, 4) is 5.75 Å². The molecule has 3 nitrogen and oxygen atoms in total. The summed E-state index contributed by atoms with van der Waals surface area (Å²) >= 11 is 0. The lowest BCUT2D eigenvalue weighted by molar-refractivity contribution is 0.275. The van der Waals surface area contributed by atoms with Gasteiger partial charge in [-0.05, 0) is 18.6 Å². The van der Waals surface area contributed by atoms with Crippen LogP contribution >= 0.6 is 0 Å². The molecule has 0 spiro atoms. The van der Waals surface area contributed by atoms with E-state index in [0.717, 1.165) is 18.8 Å². The van der Waals surface area contributed by atoms with Crippen LogP contribution in [-0.2, 0) is 6.61 Å². The molecule has 1 aromatic heterocycles. The maximum Gasteiger partial charge on any atom is 0.137 e. The number of hydrogen-bond acceptors (Lipinski definition) is 3. The maximum atomic E-state index is 8.80. The molecule has 0 fully saturated rings. The number of nitrogens with zero attached hydrogens (tertiary/aromatic N) is 1. The van der Waals surface area contributed by atoms with Crippen LogP contribution in [0.15, 0.2) is 18.3 Å². The third-order valence-corrected chi connectivity index (χ3v) is 2.23. The molecule has 0 saturated heterocycles. The molecule has 0 unspecified atom stereocenters. The fraction of sp³-hybridized carbons (Fsp3) is 0.583. The molecule has 0 amide bonds. The zero-order chi connectivity index (χ0) is 10.9. The van der Waals surface area contributed by atoms with E-state index in [2.05, 4.69) is 11.9 Å². The number of hydrogen-bond donors (Lipinski definition) is 1. The van der Waals surface area contributed by atoms with Crippen molar-refractivity contribution in [2.24, 2.45) is 0 Å². The van der Waals surface area contributed by atoms with Gasteiger partial charge in [0.1, 0.15) is 5.75 Å². The van der Waals surface area contributed by atoms with Crippen LogP contribution in [-0.4, -0.2) is 16.7 Å². The van der Waals surface area contributed by atoms with Crippen molar-refractivity contribution in [3.63, 3.8) is 0 Å². The first-order valence-electron chi connectivity index (χ1n) is 5.55. The van der Waals surface area contributed by atoms with Crippen molar-refractivity contribution in [1.29, 1.82) is 0 Å². The smallest absolute Gasteiger partial charge is 0.137 e. The van der Waals surface area contributed by atoms with Crippen LogP contribution in [0.1, 0.15) is 38.3 Å². The van der Waals surface area contributed by atoms with E-state index in [-0.39, 0.29) is 6.61 Å². The van der Waals surface area contributed by atoms with Crippen LogP contribution in [0.2, 0.25) is 0 Å². The molecule has 0 aliphatic heterocycles. The third kappa shape index (κ3) is 4.79. The van der Waals surface area contributed by atoms with Crippen LogP contribution in [0.25, 0.3) is 0 Å². The van der Waals surface area contributed by atoms with E-state index >= 15 is 0 Å². The summed E-state index contributed by atoms with van der Waals surface area (Å²) in [7, 11) is 0. The minimum atomic E-state index is -0.0171. The molecule has 0 aliphatic carbocycles. The Kier molecular flexibility index (Phi) is 5.78. The summed E-state index contributed by atoms with van der Waals surface area (Å²) in [4.78, 5) is 4.04. The Morgan fingerprint density at radius 1 is 1.27 bits per heavy atom. The summed E-state index contributed by atoms with van der Waals surface area (Å²) in [6.07, 6.45) is 6.48. The van der Waals surface area contributed by atoms with Crippen LogP contribution in [0.5, 0.6) is 5.75 Å². The molecular weight excluding hydrogens is 190 g/mol. The number of pyridine rings is 1. The Balaban J connectivity index is 2.20. The lowest BCUT2D eigenvalue weighted by Crippen LogP contribution is -1.98. The molecular formula is C12H19NO2. The summed E-state index contributed by atoms with van der Waals surface area (Å²) in [6.45, 7) is 2.93. The van der Waals surface area contributed by atoms with Gasteiger partial charge in [-0.3, -0.25) is 4.98 Å². The highest BCUT2D eigenvalue weighted by atomic mass is 16.5. The normalized spacial score (nSPS) is 10.3. The Bertz CT molecular complexity index is 259. The second-order valence-corrected chi connectivity index (χ2v) is 3.55. The van der Waals surface area contributed by atoms with Crippen LogP contribution < -0.4 is 4.74 Å².